The normalized spacial score (nSPS) is 19.9. The highest BCUT2D eigenvalue weighted by atomic mass is 79.9. The Hall–Kier alpha value is -1.20. The fourth-order valence-electron chi connectivity index (χ4n) is 2.28. The number of hydrogen-bond donors (Lipinski definition) is 1. The second kappa shape index (κ2) is 6.82. The van der Waals surface area contributed by atoms with Gasteiger partial charge in [-0.25, -0.2) is 0 Å². The van der Waals surface area contributed by atoms with Crippen LogP contribution in [0.5, 0.6) is 0 Å². The van der Waals surface area contributed by atoms with Gasteiger partial charge in [-0.1, -0.05) is 15.9 Å². The summed E-state index contributed by atoms with van der Waals surface area (Å²) in [6.07, 6.45) is 2.92. The van der Waals surface area contributed by atoms with Crippen molar-refractivity contribution in [2.45, 2.75) is 12.8 Å². The molecular weight excluding hydrogens is 308 g/mol. The highest BCUT2D eigenvalue weighted by Crippen LogP contribution is 2.16. The molecule has 4 nitrogen and oxygen atoms in total. The van der Waals surface area contributed by atoms with Gasteiger partial charge >= 0.3 is 0 Å². The summed E-state index contributed by atoms with van der Waals surface area (Å²) >= 11 is 3.35. The van der Waals surface area contributed by atoms with E-state index < -0.39 is 0 Å². The van der Waals surface area contributed by atoms with Crippen molar-refractivity contribution in [2.75, 3.05) is 25.0 Å². The molecule has 1 N–H and O–H groups in total. The van der Waals surface area contributed by atoms with Crippen LogP contribution in [0.4, 0.5) is 5.69 Å². The lowest BCUT2D eigenvalue weighted by atomic mass is 10.00. The Kier molecular flexibility index (Phi) is 5.10. The molecule has 0 aliphatic carbocycles. The summed E-state index contributed by atoms with van der Waals surface area (Å²) in [5.74, 6) is 0.0445. The summed E-state index contributed by atoms with van der Waals surface area (Å²) in [5.41, 5.74) is 0.789. The Labute approximate surface area is 121 Å². The number of aldehydes is 1. The van der Waals surface area contributed by atoms with E-state index in [9.17, 15) is 9.59 Å². The van der Waals surface area contributed by atoms with Gasteiger partial charge < -0.3 is 10.1 Å². The van der Waals surface area contributed by atoms with Crippen LogP contribution in [-0.4, -0.2) is 36.7 Å². The van der Waals surface area contributed by atoms with E-state index in [0.717, 1.165) is 35.8 Å². The standard InChI is InChI=1S/C14H17BrN2O2/c15-12-3-5-13(6-4-12)16-14(19)9-17-7-1-2-11(8-17)10-18/h3-6,10-11H,1-2,7-9H2,(H,16,19). The van der Waals surface area contributed by atoms with E-state index in [0.29, 0.717) is 13.1 Å². The smallest absolute Gasteiger partial charge is 0.238 e. The second-order valence-electron chi connectivity index (χ2n) is 4.83. The van der Waals surface area contributed by atoms with Crippen LogP contribution in [0, 0.1) is 5.92 Å². The Morgan fingerprint density at radius 1 is 1.42 bits per heavy atom. The molecule has 102 valence electrons. The van der Waals surface area contributed by atoms with Crippen LogP contribution in [0.3, 0.4) is 0 Å². The average Bonchev–Trinajstić information content (AvgIpc) is 2.41. The molecule has 0 saturated carbocycles. The molecule has 1 fully saturated rings. The summed E-state index contributed by atoms with van der Waals surface area (Å²) in [6.45, 7) is 1.93. The Bertz CT molecular complexity index is 447. The van der Waals surface area contributed by atoms with Gasteiger partial charge in [-0.2, -0.15) is 0 Å². The molecule has 0 spiro atoms. The monoisotopic (exact) mass is 324 g/mol. The van der Waals surface area contributed by atoms with Crippen molar-refractivity contribution in [2.24, 2.45) is 5.92 Å². The minimum atomic E-state index is -0.0335. The fourth-order valence-corrected chi connectivity index (χ4v) is 2.55. The van der Waals surface area contributed by atoms with Crippen molar-refractivity contribution in [3.8, 4) is 0 Å². The van der Waals surface area contributed by atoms with Crippen molar-refractivity contribution in [3.05, 3.63) is 28.7 Å². The molecule has 1 amide bonds. The van der Waals surface area contributed by atoms with E-state index in [2.05, 4.69) is 21.2 Å². The van der Waals surface area contributed by atoms with E-state index in [4.69, 9.17) is 0 Å². The highest BCUT2D eigenvalue weighted by Gasteiger charge is 2.20. The van der Waals surface area contributed by atoms with E-state index in [1.807, 2.05) is 29.2 Å². The number of anilines is 1. The molecule has 1 saturated heterocycles. The number of hydrogen-bond acceptors (Lipinski definition) is 3. The number of amides is 1. The van der Waals surface area contributed by atoms with Gasteiger partial charge in [0, 0.05) is 22.6 Å². The van der Waals surface area contributed by atoms with Crippen LogP contribution < -0.4 is 5.32 Å². The van der Waals surface area contributed by atoms with Gasteiger partial charge in [-0.3, -0.25) is 9.69 Å². The zero-order chi connectivity index (χ0) is 13.7. The first-order chi connectivity index (χ1) is 9.17. The van der Waals surface area contributed by atoms with E-state index >= 15 is 0 Å². The molecule has 2 rings (SSSR count). The first-order valence-corrected chi connectivity index (χ1v) is 7.20. The molecule has 1 unspecified atom stereocenters. The van der Waals surface area contributed by atoms with Gasteiger partial charge in [-0.15, -0.1) is 0 Å². The quantitative estimate of drug-likeness (QED) is 0.864. The molecule has 0 aromatic heterocycles. The van der Waals surface area contributed by atoms with Gasteiger partial charge in [-0.05, 0) is 43.7 Å². The number of nitrogens with one attached hydrogen (secondary N) is 1. The lowest BCUT2D eigenvalue weighted by molar-refractivity contribution is -0.119. The molecule has 19 heavy (non-hydrogen) atoms. The van der Waals surface area contributed by atoms with Crippen molar-refractivity contribution < 1.29 is 9.59 Å². The van der Waals surface area contributed by atoms with E-state index in [1.165, 1.54) is 0 Å². The lowest BCUT2D eigenvalue weighted by Crippen LogP contribution is -2.40. The van der Waals surface area contributed by atoms with Crippen LogP contribution >= 0.6 is 15.9 Å². The predicted octanol–water partition coefficient (Wildman–Crippen LogP) is 2.30. The highest BCUT2D eigenvalue weighted by molar-refractivity contribution is 9.10. The number of nitrogens with zero attached hydrogens (tertiary/aromatic N) is 1. The van der Waals surface area contributed by atoms with Crippen LogP contribution in [0.15, 0.2) is 28.7 Å². The number of likely N-dealkylation sites (tertiary alicyclic amines) is 1. The van der Waals surface area contributed by atoms with Crippen molar-refractivity contribution >= 4 is 33.8 Å². The zero-order valence-corrected chi connectivity index (χ0v) is 12.2. The molecule has 0 bridgehead atoms. The third-order valence-electron chi connectivity index (χ3n) is 3.23. The van der Waals surface area contributed by atoms with Gasteiger partial charge in [0.15, 0.2) is 0 Å². The second-order valence-corrected chi connectivity index (χ2v) is 5.74. The molecule has 1 aromatic rings. The first-order valence-electron chi connectivity index (χ1n) is 6.40. The summed E-state index contributed by atoms with van der Waals surface area (Å²) in [5, 5.41) is 2.86. The Morgan fingerprint density at radius 2 is 2.16 bits per heavy atom. The average molecular weight is 325 g/mol. The SMILES string of the molecule is O=CC1CCCN(CC(=O)Nc2ccc(Br)cc2)C1. The summed E-state index contributed by atoms with van der Waals surface area (Å²) in [4.78, 5) is 24.7. The molecule has 1 aliphatic rings. The van der Waals surface area contributed by atoms with E-state index in [-0.39, 0.29) is 11.8 Å². The minimum absolute atomic E-state index is 0.0335. The van der Waals surface area contributed by atoms with Gasteiger partial charge in [0.25, 0.3) is 0 Å². The summed E-state index contributed by atoms with van der Waals surface area (Å²) < 4.78 is 0.982. The fraction of sp³-hybridized carbons (Fsp3) is 0.429. The number of carbonyl (C=O) groups is 2. The minimum Gasteiger partial charge on any atom is -0.325 e. The molecule has 1 aliphatic heterocycles. The number of halogens is 1. The number of carbonyl (C=O) groups excluding carboxylic acids is 2. The summed E-state index contributed by atoms with van der Waals surface area (Å²) in [7, 11) is 0. The maximum atomic E-state index is 11.9. The maximum Gasteiger partial charge on any atom is 0.238 e. The van der Waals surface area contributed by atoms with Crippen LogP contribution in [0.25, 0.3) is 0 Å². The number of rotatable bonds is 4. The maximum absolute atomic E-state index is 11.9. The zero-order valence-electron chi connectivity index (χ0n) is 10.6. The van der Waals surface area contributed by atoms with Crippen LogP contribution in [-0.2, 0) is 9.59 Å². The lowest BCUT2D eigenvalue weighted by Gasteiger charge is -2.29. The molecular formula is C14H17BrN2O2. The molecule has 0 radical (unpaired) electrons. The van der Waals surface area contributed by atoms with Gasteiger partial charge in [0.1, 0.15) is 6.29 Å². The number of piperidine rings is 1. The molecule has 1 heterocycles. The first kappa shape index (κ1) is 14.2. The van der Waals surface area contributed by atoms with Gasteiger partial charge in [0.05, 0.1) is 6.54 Å². The Morgan fingerprint density at radius 3 is 2.84 bits per heavy atom. The molecule has 1 atom stereocenters. The topological polar surface area (TPSA) is 49.4 Å². The Balaban J connectivity index is 1.83. The number of benzene rings is 1. The molecule has 1 aromatic carbocycles. The van der Waals surface area contributed by atoms with Crippen LogP contribution in [0.2, 0.25) is 0 Å². The van der Waals surface area contributed by atoms with Crippen LogP contribution in [0.1, 0.15) is 12.8 Å². The molecule has 5 heteroatoms. The predicted molar refractivity (Wildman–Crippen MR) is 78.0 cm³/mol. The van der Waals surface area contributed by atoms with Crippen molar-refractivity contribution in [1.29, 1.82) is 0 Å². The van der Waals surface area contributed by atoms with E-state index in [1.54, 1.807) is 0 Å². The largest absolute Gasteiger partial charge is 0.325 e. The summed E-state index contributed by atoms with van der Waals surface area (Å²) in [6, 6.07) is 7.48. The van der Waals surface area contributed by atoms with Crippen molar-refractivity contribution in [1.82, 2.24) is 4.90 Å². The third-order valence-corrected chi connectivity index (χ3v) is 3.76. The van der Waals surface area contributed by atoms with Gasteiger partial charge in [0.2, 0.25) is 5.91 Å². The van der Waals surface area contributed by atoms with Crippen molar-refractivity contribution in [3.63, 3.8) is 0 Å². The third kappa shape index (κ3) is 4.44.